The minimum absolute atomic E-state index is 0.0176. The van der Waals surface area contributed by atoms with E-state index in [1.165, 1.54) is 10.9 Å². The van der Waals surface area contributed by atoms with Crippen molar-refractivity contribution < 1.29 is 4.79 Å². The average Bonchev–Trinajstić information content (AvgIpc) is 3.55. The van der Waals surface area contributed by atoms with E-state index in [-0.39, 0.29) is 17.9 Å². The van der Waals surface area contributed by atoms with Gasteiger partial charge in [-0.05, 0) is 37.3 Å². The number of aromatic nitrogens is 3. The van der Waals surface area contributed by atoms with Gasteiger partial charge in [0.15, 0.2) is 0 Å². The highest BCUT2D eigenvalue weighted by Crippen LogP contribution is 2.39. The summed E-state index contributed by atoms with van der Waals surface area (Å²) in [5.74, 6) is 2.26. The van der Waals surface area contributed by atoms with Crippen molar-refractivity contribution in [3.63, 3.8) is 0 Å². The molecule has 0 radical (unpaired) electrons. The van der Waals surface area contributed by atoms with Crippen molar-refractivity contribution in [2.24, 2.45) is 5.92 Å². The Hall–Kier alpha value is -2.89. The number of nitrogens with zero attached hydrogens (tertiary/aromatic N) is 2. The molecule has 3 N–H and O–H groups in total. The van der Waals surface area contributed by atoms with E-state index in [4.69, 9.17) is 4.98 Å². The molecule has 1 saturated carbocycles. The van der Waals surface area contributed by atoms with E-state index < -0.39 is 0 Å². The van der Waals surface area contributed by atoms with Gasteiger partial charge >= 0.3 is 0 Å². The molecule has 158 valence electrons. The van der Waals surface area contributed by atoms with E-state index in [9.17, 15) is 4.79 Å². The summed E-state index contributed by atoms with van der Waals surface area (Å²) >= 11 is 0. The summed E-state index contributed by atoms with van der Waals surface area (Å²) in [5.41, 5.74) is 3.16. The number of carbonyl (C=O) groups is 1. The number of nitrogens with one attached hydrogen (secondary N) is 3. The lowest BCUT2D eigenvalue weighted by atomic mass is 9.98. The topological polar surface area (TPSA) is 82.7 Å². The van der Waals surface area contributed by atoms with Crippen LogP contribution in [0.15, 0.2) is 36.5 Å². The molecule has 4 rings (SSSR count). The summed E-state index contributed by atoms with van der Waals surface area (Å²) in [4.78, 5) is 25.9. The van der Waals surface area contributed by atoms with Crippen LogP contribution in [0.4, 0.5) is 5.82 Å². The van der Waals surface area contributed by atoms with Crippen LogP contribution in [-0.4, -0.2) is 27.9 Å². The number of aromatic amines is 1. The molecule has 1 fully saturated rings. The van der Waals surface area contributed by atoms with E-state index in [0.717, 1.165) is 48.5 Å². The third-order valence-electron chi connectivity index (χ3n) is 6.09. The Kier molecular flexibility index (Phi) is 6.02. The molecule has 1 amide bonds. The van der Waals surface area contributed by atoms with Crippen LogP contribution in [0.3, 0.4) is 0 Å². The molecule has 6 nitrogen and oxygen atoms in total. The van der Waals surface area contributed by atoms with Crippen molar-refractivity contribution in [2.75, 3.05) is 12.4 Å². The first-order valence-electron chi connectivity index (χ1n) is 11.0. The van der Waals surface area contributed by atoms with Crippen molar-refractivity contribution in [3.8, 4) is 0 Å². The van der Waals surface area contributed by atoms with Crippen LogP contribution in [0.25, 0.3) is 10.9 Å². The molecule has 2 aromatic heterocycles. The predicted molar refractivity (Wildman–Crippen MR) is 121 cm³/mol. The summed E-state index contributed by atoms with van der Waals surface area (Å²) in [6.45, 7) is 4.13. The predicted octanol–water partition coefficient (Wildman–Crippen LogP) is 4.71. The number of anilines is 1. The monoisotopic (exact) mass is 405 g/mol. The number of amides is 1. The standard InChI is InChI=1S/C24H31N5O/c1-4-15(5-2)24(30)28-20(12-17-14-26-19-9-7-6-8-18(17)19)21-13-22(25-3)29-23(27-21)16-10-11-16/h6-9,13-16,20,26H,4-5,10-12H2,1-3H3,(H,28,30)(H,25,27,29)/t20-/m1/s1. The number of rotatable bonds is 9. The molecule has 0 aliphatic heterocycles. The largest absolute Gasteiger partial charge is 0.373 e. The Morgan fingerprint density at radius 1 is 1.20 bits per heavy atom. The molecule has 0 bridgehead atoms. The Morgan fingerprint density at radius 2 is 1.97 bits per heavy atom. The molecule has 30 heavy (non-hydrogen) atoms. The van der Waals surface area contributed by atoms with Gasteiger partial charge in [-0.2, -0.15) is 0 Å². The Labute approximate surface area is 177 Å². The summed E-state index contributed by atoms with van der Waals surface area (Å²) in [5, 5.41) is 7.65. The third-order valence-corrected chi connectivity index (χ3v) is 6.09. The minimum Gasteiger partial charge on any atom is -0.373 e. The molecular weight excluding hydrogens is 374 g/mol. The molecule has 2 heterocycles. The highest BCUT2D eigenvalue weighted by molar-refractivity contribution is 5.83. The van der Waals surface area contributed by atoms with E-state index in [1.54, 1.807) is 0 Å². The lowest BCUT2D eigenvalue weighted by Crippen LogP contribution is -2.35. The fraction of sp³-hybridized carbons (Fsp3) is 0.458. The van der Waals surface area contributed by atoms with Crippen LogP contribution >= 0.6 is 0 Å². The van der Waals surface area contributed by atoms with Gasteiger partial charge < -0.3 is 15.6 Å². The minimum atomic E-state index is -0.204. The van der Waals surface area contributed by atoms with Crippen LogP contribution in [0, 0.1) is 5.92 Å². The molecule has 3 aromatic rings. The molecule has 0 unspecified atom stereocenters. The van der Waals surface area contributed by atoms with Gasteiger partial charge in [0.2, 0.25) is 5.91 Å². The molecule has 1 aliphatic rings. The maximum absolute atomic E-state index is 13.0. The van der Waals surface area contributed by atoms with Crippen LogP contribution in [0.1, 0.15) is 68.6 Å². The van der Waals surface area contributed by atoms with E-state index in [1.807, 2.05) is 31.4 Å². The fourth-order valence-corrected chi connectivity index (χ4v) is 4.01. The second kappa shape index (κ2) is 8.86. The Balaban J connectivity index is 1.70. The molecule has 0 spiro atoms. The van der Waals surface area contributed by atoms with E-state index in [2.05, 4.69) is 46.6 Å². The van der Waals surface area contributed by atoms with Gasteiger partial charge in [-0.25, -0.2) is 9.97 Å². The zero-order chi connectivity index (χ0) is 21.1. The maximum atomic E-state index is 13.0. The van der Waals surface area contributed by atoms with Gasteiger partial charge in [0.05, 0.1) is 11.7 Å². The van der Waals surface area contributed by atoms with Gasteiger partial charge in [-0.1, -0.05) is 32.0 Å². The van der Waals surface area contributed by atoms with Crippen LogP contribution in [-0.2, 0) is 11.2 Å². The number of para-hydroxylation sites is 1. The molecule has 1 aliphatic carbocycles. The van der Waals surface area contributed by atoms with Crippen LogP contribution in [0.2, 0.25) is 0 Å². The van der Waals surface area contributed by atoms with Gasteiger partial charge in [-0.15, -0.1) is 0 Å². The number of hydrogen-bond donors (Lipinski definition) is 3. The third kappa shape index (κ3) is 4.32. The van der Waals surface area contributed by atoms with Crippen molar-refractivity contribution >= 4 is 22.6 Å². The summed E-state index contributed by atoms with van der Waals surface area (Å²) < 4.78 is 0. The SMILES string of the molecule is CCC(CC)C(=O)N[C@H](Cc1c[nH]c2ccccc12)c1cc(NC)nc(C2CC2)n1. The first-order chi connectivity index (χ1) is 14.6. The van der Waals surface area contributed by atoms with Gasteiger partial charge in [0.1, 0.15) is 11.6 Å². The zero-order valence-electron chi connectivity index (χ0n) is 18.0. The number of hydrogen-bond acceptors (Lipinski definition) is 4. The maximum Gasteiger partial charge on any atom is 0.223 e. The highest BCUT2D eigenvalue weighted by atomic mass is 16.1. The first-order valence-corrected chi connectivity index (χ1v) is 11.0. The number of fused-ring (bicyclic) bond motifs is 1. The highest BCUT2D eigenvalue weighted by Gasteiger charge is 2.29. The Morgan fingerprint density at radius 3 is 2.67 bits per heavy atom. The van der Waals surface area contributed by atoms with E-state index in [0.29, 0.717) is 12.3 Å². The molecule has 1 aromatic carbocycles. The number of benzene rings is 1. The quantitative estimate of drug-likeness (QED) is 0.481. The molecule has 6 heteroatoms. The Bertz CT molecular complexity index is 1020. The van der Waals surface area contributed by atoms with Crippen LogP contribution in [0.5, 0.6) is 0 Å². The lowest BCUT2D eigenvalue weighted by Gasteiger charge is -2.22. The second-order valence-electron chi connectivity index (χ2n) is 8.20. The summed E-state index contributed by atoms with van der Waals surface area (Å²) in [6, 6.07) is 10.0. The molecular formula is C24H31N5O. The van der Waals surface area contributed by atoms with Crippen molar-refractivity contribution in [1.29, 1.82) is 0 Å². The first kappa shape index (κ1) is 20.4. The average molecular weight is 406 g/mol. The van der Waals surface area contributed by atoms with Crippen LogP contribution < -0.4 is 10.6 Å². The van der Waals surface area contributed by atoms with E-state index >= 15 is 0 Å². The van der Waals surface area contributed by atoms with Gasteiger partial charge in [-0.3, -0.25) is 4.79 Å². The molecule has 1 atom stereocenters. The zero-order valence-corrected chi connectivity index (χ0v) is 18.0. The summed E-state index contributed by atoms with van der Waals surface area (Å²) in [6.07, 6.45) is 6.67. The lowest BCUT2D eigenvalue weighted by molar-refractivity contribution is -0.126. The number of carbonyl (C=O) groups excluding carboxylic acids is 1. The van der Waals surface area contributed by atoms with Gasteiger partial charge in [0, 0.05) is 48.5 Å². The van der Waals surface area contributed by atoms with Crippen molar-refractivity contribution in [3.05, 3.63) is 53.6 Å². The summed E-state index contributed by atoms with van der Waals surface area (Å²) in [7, 11) is 1.88. The normalized spacial score (nSPS) is 14.8. The number of H-pyrrole nitrogens is 1. The van der Waals surface area contributed by atoms with Crippen molar-refractivity contribution in [1.82, 2.24) is 20.3 Å². The molecule has 0 saturated heterocycles. The second-order valence-corrected chi connectivity index (χ2v) is 8.20. The fourth-order valence-electron chi connectivity index (χ4n) is 4.01. The smallest absolute Gasteiger partial charge is 0.223 e. The van der Waals surface area contributed by atoms with Gasteiger partial charge in [0.25, 0.3) is 0 Å². The van der Waals surface area contributed by atoms with Crippen molar-refractivity contribution in [2.45, 2.75) is 57.9 Å².